The zero-order valence-electron chi connectivity index (χ0n) is 14.1. The Bertz CT molecular complexity index is 681. The predicted octanol–water partition coefficient (Wildman–Crippen LogP) is 5.71. The van der Waals surface area contributed by atoms with Crippen molar-refractivity contribution in [3.05, 3.63) is 33.7 Å². The fraction of sp³-hybridized carbons (Fsp3) is 0.667. The second-order valence-corrected chi connectivity index (χ2v) is 7.96. The van der Waals surface area contributed by atoms with Gasteiger partial charge in [-0.3, -0.25) is 4.79 Å². The quantitative estimate of drug-likeness (QED) is 0.653. The van der Waals surface area contributed by atoms with Gasteiger partial charge in [0.15, 0.2) is 0 Å². The van der Waals surface area contributed by atoms with E-state index in [0.717, 1.165) is 50.5 Å². The molecular weight excluding hydrogens is 298 g/mol. The van der Waals surface area contributed by atoms with Crippen LogP contribution in [0.1, 0.15) is 76.0 Å². The van der Waals surface area contributed by atoms with Crippen LogP contribution in [0.2, 0.25) is 0 Å². The van der Waals surface area contributed by atoms with Crippen LogP contribution in [-0.2, 0) is 17.6 Å². The summed E-state index contributed by atoms with van der Waals surface area (Å²) in [6.45, 7) is 4.31. The molecule has 0 saturated heterocycles. The van der Waals surface area contributed by atoms with Crippen molar-refractivity contribution >= 4 is 11.5 Å². The monoisotopic (exact) mass is 327 g/mol. The first kappa shape index (κ1) is 17.3. The molecule has 3 aliphatic rings. The average molecular weight is 327 g/mol. The highest BCUT2D eigenvalue weighted by Gasteiger charge is 2.54. The van der Waals surface area contributed by atoms with Crippen molar-refractivity contribution in [1.29, 1.82) is 0 Å². The summed E-state index contributed by atoms with van der Waals surface area (Å²) in [4.78, 5) is 23.5. The number of hydrogen-bond donors (Lipinski definition) is 0. The van der Waals surface area contributed by atoms with E-state index in [0.29, 0.717) is 29.2 Å². The molecule has 0 spiro atoms. The molecule has 1 aromatic rings. The van der Waals surface area contributed by atoms with E-state index in [1.807, 2.05) is 6.07 Å². The van der Waals surface area contributed by atoms with Crippen LogP contribution in [0.5, 0.6) is 0 Å². The number of nitroso groups, excluding NO2 is 1. The molecule has 4 rings (SSSR count). The zero-order valence-corrected chi connectivity index (χ0v) is 14.1. The number of fused-ring (bicyclic) bond motifs is 5. The lowest BCUT2D eigenvalue weighted by Crippen LogP contribution is -2.42. The topological polar surface area (TPSA) is 46.5 Å². The average Bonchev–Trinajstić information content (AvgIpc) is 2.88. The largest absolute Gasteiger partial charge is 0.299 e. The fourth-order valence-electron chi connectivity index (χ4n) is 5.79. The summed E-state index contributed by atoms with van der Waals surface area (Å²) in [7, 11) is 0. The molecule has 0 aromatic heterocycles. The molecule has 3 aliphatic carbocycles. The van der Waals surface area contributed by atoms with Crippen LogP contribution in [-0.4, -0.2) is 5.78 Å². The van der Waals surface area contributed by atoms with Crippen LogP contribution in [0.15, 0.2) is 17.3 Å². The van der Waals surface area contributed by atoms with E-state index in [4.69, 9.17) is 0 Å². The summed E-state index contributed by atoms with van der Waals surface area (Å²) in [6.07, 6.45) is 7.07. The fourth-order valence-corrected chi connectivity index (χ4v) is 5.79. The standard InChI is InChI=1S/C20H25NO2.CH4/c1-3-12-10-16-13(11-18(12)21-23)4-5-15-14(16)8-9-20(2)17(15)6-7-19(20)22;/h10-11,14-15,17H,3-9H2,1-2H3;1H4. The van der Waals surface area contributed by atoms with E-state index in [1.54, 1.807) is 0 Å². The molecule has 0 amide bonds. The first-order valence-electron chi connectivity index (χ1n) is 9.11. The summed E-state index contributed by atoms with van der Waals surface area (Å²) in [5.41, 5.74) is 4.42. The lowest BCUT2D eigenvalue weighted by molar-refractivity contribution is -0.129. The SMILES string of the molecule is C.CCc1cc2c(cc1N=O)CCC1C2CCC2(C)C(=O)CCC12. The molecule has 2 saturated carbocycles. The molecule has 2 fully saturated rings. The Balaban J connectivity index is 0.00000169. The number of hydrogen-bond acceptors (Lipinski definition) is 3. The Morgan fingerprint density at radius 3 is 2.71 bits per heavy atom. The van der Waals surface area contributed by atoms with Crippen molar-refractivity contribution < 1.29 is 4.79 Å². The molecule has 0 bridgehead atoms. The van der Waals surface area contributed by atoms with Crippen molar-refractivity contribution in [3.63, 3.8) is 0 Å². The van der Waals surface area contributed by atoms with Crippen molar-refractivity contribution in [3.8, 4) is 0 Å². The molecule has 130 valence electrons. The summed E-state index contributed by atoms with van der Waals surface area (Å²) >= 11 is 0. The maximum absolute atomic E-state index is 12.4. The Labute approximate surface area is 145 Å². The Kier molecular flexibility index (Phi) is 4.39. The maximum Gasteiger partial charge on any atom is 0.139 e. The van der Waals surface area contributed by atoms with Crippen LogP contribution in [0.25, 0.3) is 0 Å². The first-order chi connectivity index (χ1) is 11.1. The van der Waals surface area contributed by atoms with Gasteiger partial charge in [0.1, 0.15) is 11.5 Å². The number of Topliss-reactive ketones (excluding diaryl/α,β-unsaturated/α-hetero) is 1. The minimum Gasteiger partial charge on any atom is -0.299 e. The van der Waals surface area contributed by atoms with Crippen LogP contribution in [0, 0.1) is 22.2 Å². The van der Waals surface area contributed by atoms with Gasteiger partial charge >= 0.3 is 0 Å². The second kappa shape index (κ2) is 6.09. The van der Waals surface area contributed by atoms with Gasteiger partial charge in [0, 0.05) is 11.8 Å². The number of rotatable bonds is 2. The third kappa shape index (κ3) is 2.28. The third-order valence-corrected chi connectivity index (χ3v) is 7.11. The van der Waals surface area contributed by atoms with E-state index < -0.39 is 0 Å². The second-order valence-electron chi connectivity index (χ2n) is 7.96. The van der Waals surface area contributed by atoms with Gasteiger partial charge in [0.2, 0.25) is 0 Å². The van der Waals surface area contributed by atoms with Crippen molar-refractivity contribution in [2.75, 3.05) is 0 Å². The molecule has 4 atom stereocenters. The molecule has 3 nitrogen and oxygen atoms in total. The van der Waals surface area contributed by atoms with Crippen LogP contribution in [0.4, 0.5) is 5.69 Å². The van der Waals surface area contributed by atoms with Crippen molar-refractivity contribution in [2.24, 2.45) is 22.4 Å². The van der Waals surface area contributed by atoms with E-state index in [1.165, 1.54) is 11.1 Å². The number of benzene rings is 1. The number of carbonyl (C=O) groups is 1. The van der Waals surface area contributed by atoms with Crippen molar-refractivity contribution in [2.45, 2.75) is 72.1 Å². The number of nitrogens with zero attached hydrogens (tertiary/aromatic N) is 1. The lowest BCUT2D eigenvalue weighted by Gasteiger charge is -2.48. The van der Waals surface area contributed by atoms with Gasteiger partial charge in [0.25, 0.3) is 0 Å². The summed E-state index contributed by atoms with van der Waals surface area (Å²) in [5.74, 6) is 2.29. The smallest absolute Gasteiger partial charge is 0.139 e. The van der Waals surface area contributed by atoms with E-state index >= 15 is 0 Å². The van der Waals surface area contributed by atoms with Crippen molar-refractivity contribution in [1.82, 2.24) is 0 Å². The number of aryl methyl sites for hydroxylation is 2. The van der Waals surface area contributed by atoms with Gasteiger partial charge in [-0.25, -0.2) is 0 Å². The molecule has 0 radical (unpaired) electrons. The first-order valence-corrected chi connectivity index (χ1v) is 9.11. The molecule has 0 heterocycles. The zero-order chi connectivity index (χ0) is 16.2. The lowest BCUT2D eigenvalue weighted by atomic mass is 9.55. The Morgan fingerprint density at radius 1 is 1.21 bits per heavy atom. The van der Waals surface area contributed by atoms with Gasteiger partial charge in [-0.15, -0.1) is 4.91 Å². The summed E-state index contributed by atoms with van der Waals surface area (Å²) in [6, 6.07) is 4.29. The van der Waals surface area contributed by atoms with Crippen LogP contribution >= 0.6 is 0 Å². The van der Waals surface area contributed by atoms with Crippen LogP contribution in [0.3, 0.4) is 0 Å². The van der Waals surface area contributed by atoms with E-state index in [9.17, 15) is 9.70 Å². The van der Waals surface area contributed by atoms with Gasteiger partial charge < -0.3 is 0 Å². The van der Waals surface area contributed by atoms with Gasteiger partial charge in [0.05, 0.1) is 0 Å². The molecule has 24 heavy (non-hydrogen) atoms. The van der Waals surface area contributed by atoms with Gasteiger partial charge in [-0.2, -0.15) is 0 Å². The molecule has 3 heteroatoms. The highest BCUT2D eigenvalue weighted by molar-refractivity contribution is 5.87. The van der Waals surface area contributed by atoms with Crippen LogP contribution < -0.4 is 0 Å². The normalized spacial score (nSPS) is 33.9. The molecular formula is C21H29NO2. The maximum atomic E-state index is 12.4. The number of ketones is 1. The minimum atomic E-state index is -0.0590. The third-order valence-electron chi connectivity index (χ3n) is 7.11. The number of carbonyl (C=O) groups excluding carboxylic acids is 1. The Morgan fingerprint density at radius 2 is 2.00 bits per heavy atom. The molecule has 4 unspecified atom stereocenters. The minimum absolute atomic E-state index is 0. The van der Waals surface area contributed by atoms with Gasteiger partial charge in [-0.1, -0.05) is 27.3 Å². The molecule has 1 aromatic carbocycles. The van der Waals surface area contributed by atoms with Gasteiger partial charge in [-0.05, 0) is 84.2 Å². The highest BCUT2D eigenvalue weighted by Crippen LogP contribution is 2.59. The molecule has 0 aliphatic heterocycles. The van der Waals surface area contributed by atoms with E-state index in [-0.39, 0.29) is 12.8 Å². The summed E-state index contributed by atoms with van der Waals surface area (Å²) in [5, 5.41) is 3.23. The predicted molar refractivity (Wildman–Crippen MR) is 97.6 cm³/mol. The Hall–Kier alpha value is -1.51. The highest BCUT2D eigenvalue weighted by atomic mass is 16.3. The summed E-state index contributed by atoms with van der Waals surface area (Å²) < 4.78 is 0. The van der Waals surface area contributed by atoms with E-state index in [2.05, 4.69) is 25.1 Å². The molecule has 0 N–H and O–H groups in total.